The van der Waals surface area contributed by atoms with Crippen LogP contribution in [-0.4, -0.2) is 28.7 Å². The van der Waals surface area contributed by atoms with Gasteiger partial charge in [-0.3, -0.25) is 19.3 Å². The summed E-state index contributed by atoms with van der Waals surface area (Å²) in [5, 5.41) is 3.41. The molecule has 3 amide bonds. The number of carbonyl (C=O) groups excluding carboxylic acids is 3. The number of benzene rings is 4. The van der Waals surface area contributed by atoms with E-state index in [4.69, 9.17) is 39.5 Å². The van der Waals surface area contributed by atoms with Gasteiger partial charge in [0.25, 0.3) is 0 Å². The molecule has 0 aromatic heterocycles. The Morgan fingerprint density at radius 1 is 0.738 bits per heavy atom. The molecule has 4 aliphatic rings. The smallest absolute Gasteiger partial charge is 0.247 e. The van der Waals surface area contributed by atoms with Crippen LogP contribution in [0.3, 0.4) is 0 Å². The summed E-state index contributed by atoms with van der Waals surface area (Å²) in [4.78, 5) is 40.1. The number of likely N-dealkylation sites (tertiary alicyclic amines) is 1. The second kappa shape index (κ2) is 9.60. The normalized spacial score (nSPS) is 25.9. The van der Waals surface area contributed by atoms with Crippen LogP contribution in [0.1, 0.15) is 29.2 Å². The van der Waals surface area contributed by atoms with Crippen molar-refractivity contribution in [3.05, 3.63) is 124 Å². The molecule has 1 saturated heterocycles. The number of anilines is 1. The minimum atomic E-state index is -1.30. The minimum absolute atomic E-state index is 0.481. The first-order valence-corrected chi connectivity index (χ1v) is 14.6. The number of imide groups is 1. The third-order valence-electron chi connectivity index (χ3n) is 8.56. The second-order valence-corrected chi connectivity index (χ2v) is 12.4. The molecule has 3 atom stereocenters. The summed E-state index contributed by atoms with van der Waals surface area (Å²) in [7, 11) is 0. The monoisotopic (exact) mass is 616 g/mol. The van der Waals surface area contributed by atoms with E-state index in [9.17, 15) is 14.4 Å². The van der Waals surface area contributed by atoms with Crippen LogP contribution >= 0.6 is 34.8 Å². The van der Waals surface area contributed by atoms with E-state index in [-0.39, 0.29) is 0 Å². The summed E-state index contributed by atoms with van der Waals surface area (Å²) in [6.07, 6.45) is 0. The number of hydrogen-bond donors (Lipinski definition) is 1. The molecule has 3 aliphatic carbocycles. The fraction of sp³-hybridized carbons (Fsp3) is 0.182. The Labute approximate surface area is 257 Å². The molecule has 210 valence electrons. The first-order chi connectivity index (χ1) is 20.2. The maximum absolute atomic E-state index is 14.1. The molecule has 6 nitrogen and oxygen atoms in total. The molecule has 1 aliphatic heterocycles. The Kier molecular flexibility index (Phi) is 6.17. The van der Waals surface area contributed by atoms with E-state index in [1.807, 2.05) is 48.5 Å². The Hall–Kier alpha value is -3.84. The van der Waals surface area contributed by atoms with E-state index in [0.29, 0.717) is 44.5 Å². The molecule has 1 heterocycles. The van der Waals surface area contributed by atoms with E-state index in [1.165, 1.54) is 6.92 Å². The van der Waals surface area contributed by atoms with Crippen LogP contribution in [0.2, 0.25) is 5.02 Å². The van der Waals surface area contributed by atoms with Gasteiger partial charge in [-0.05, 0) is 77.7 Å². The molecule has 42 heavy (non-hydrogen) atoms. The van der Waals surface area contributed by atoms with Crippen LogP contribution in [0.4, 0.5) is 5.69 Å². The van der Waals surface area contributed by atoms with E-state index in [1.54, 1.807) is 48.5 Å². The predicted octanol–water partition coefficient (Wildman–Crippen LogP) is 7.05. The van der Waals surface area contributed by atoms with Gasteiger partial charge in [0, 0.05) is 10.7 Å². The van der Waals surface area contributed by atoms with Crippen molar-refractivity contribution in [1.82, 2.24) is 4.90 Å². The molecule has 9 heteroatoms. The van der Waals surface area contributed by atoms with Crippen LogP contribution in [-0.2, 0) is 24.1 Å². The average Bonchev–Trinajstić information content (AvgIpc) is 3.28. The van der Waals surface area contributed by atoms with Crippen LogP contribution in [0.5, 0.6) is 11.5 Å². The highest BCUT2D eigenvalue weighted by Crippen LogP contribution is 2.69. The highest BCUT2D eigenvalue weighted by Gasteiger charge is 2.73. The van der Waals surface area contributed by atoms with E-state index < -0.39 is 45.3 Å². The van der Waals surface area contributed by atoms with Crippen LogP contribution < -0.4 is 10.1 Å². The molecule has 1 fully saturated rings. The number of nitrogens with zero attached hydrogens (tertiary/aromatic N) is 1. The molecular formula is C33H23Cl3N2O4. The summed E-state index contributed by atoms with van der Waals surface area (Å²) < 4.78 is 5.81. The highest BCUT2D eigenvalue weighted by molar-refractivity contribution is 6.36. The number of nitrogens with one attached hydrogen (secondary N) is 1. The maximum Gasteiger partial charge on any atom is 0.247 e. The molecule has 4 aromatic rings. The van der Waals surface area contributed by atoms with Crippen molar-refractivity contribution >= 4 is 58.2 Å². The molecule has 4 aromatic carbocycles. The van der Waals surface area contributed by atoms with Crippen LogP contribution in [0.15, 0.2) is 97.1 Å². The van der Waals surface area contributed by atoms with Crippen molar-refractivity contribution < 1.29 is 19.1 Å². The van der Waals surface area contributed by atoms with Crippen molar-refractivity contribution in [2.75, 3.05) is 5.32 Å². The lowest BCUT2D eigenvalue weighted by molar-refractivity contribution is -0.146. The fourth-order valence-corrected chi connectivity index (χ4v) is 7.90. The van der Waals surface area contributed by atoms with Crippen LogP contribution in [0, 0.1) is 11.8 Å². The van der Waals surface area contributed by atoms with Gasteiger partial charge in [-0.2, -0.15) is 0 Å². The zero-order chi connectivity index (χ0) is 29.4. The Balaban J connectivity index is 1.16. The van der Waals surface area contributed by atoms with Crippen molar-refractivity contribution in [2.45, 2.75) is 22.7 Å². The van der Waals surface area contributed by atoms with E-state index in [0.717, 1.165) is 4.90 Å². The second-order valence-electron chi connectivity index (χ2n) is 10.8. The maximum atomic E-state index is 14.1. The fourth-order valence-electron chi connectivity index (χ4n) is 6.68. The predicted molar refractivity (Wildman–Crippen MR) is 161 cm³/mol. The molecule has 0 radical (unpaired) electrons. The van der Waals surface area contributed by atoms with Crippen molar-refractivity contribution in [3.63, 3.8) is 0 Å². The number of carbonyl (C=O) groups is 3. The lowest BCUT2D eigenvalue weighted by Crippen LogP contribution is -2.57. The van der Waals surface area contributed by atoms with Gasteiger partial charge in [0.2, 0.25) is 17.7 Å². The van der Waals surface area contributed by atoms with Gasteiger partial charge in [-0.25, -0.2) is 0 Å². The number of halogens is 3. The summed E-state index contributed by atoms with van der Waals surface area (Å²) >= 11 is 20.9. The SMILES string of the molecule is C[C@H](C(=O)Nc1ccc(Oc2ccc(Cl)cc2)cc1)N1C(=O)[C@@H]2[C@H](C1=O)C1(Cl)c3ccccc3C2(Cl)c2ccccc21. The summed E-state index contributed by atoms with van der Waals surface area (Å²) in [6, 6.07) is 27.5. The number of alkyl halides is 2. The highest BCUT2D eigenvalue weighted by atomic mass is 35.5. The van der Waals surface area contributed by atoms with Gasteiger partial charge in [-0.1, -0.05) is 60.1 Å². The van der Waals surface area contributed by atoms with Crippen LogP contribution in [0.25, 0.3) is 0 Å². The lowest BCUT2D eigenvalue weighted by Gasteiger charge is -2.54. The first-order valence-electron chi connectivity index (χ1n) is 13.4. The topological polar surface area (TPSA) is 75.7 Å². The quantitative estimate of drug-likeness (QED) is 0.192. The minimum Gasteiger partial charge on any atom is -0.457 e. The molecule has 2 bridgehead atoms. The number of ether oxygens (including phenoxy) is 1. The van der Waals surface area contributed by atoms with Gasteiger partial charge < -0.3 is 10.1 Å². The number of rotatable bonds is 5. The van der Waals surface area contributed by atoms with Gasteiger partial charge in [0.1, 0.15) is 27.3 Å². The summed E-state index contributed by atoms with van der Waals surface area (Å²) in [5.41, 5.74) is 3.32. The molecule has 0 saturated carbocycles. The molecule has 0 spiro atoms. The van der Waals surface area contributed by atoms with Gasteiger partial charge in [0.05, 0.1) is 11.8 Å². The zero-order valence-corrected chi connectivity index (χ0v) is 24.5. The van der Waals surface area contributed by atoms with Gasteiger partial charge in [0.15, 0.2) is 0 Å². The lowest BCUT2D eigenvalue weighted by atomic mass is 9.54. The standard InChI is InChI=1S/C33H23Cl3N2O4/c1-18(29(39)37-20-12-16-22(17-13-20)42-21-14-10-19(34)11-15-21)38-30(40)27-28(31(38)41)33(36)24-7-3-2-6-23(24)32(27,35)25-8-4-5-9-26(25)33/h2-18,27-28H,1H3,(H,37,39)/t18-,27-,28+,32?,33?/m1/s1. The summed E-state index contributed by atoms with van der Waals surface area (Å²) in [6.45, 7) is 1.53. The third-order valence-corrected chi connectivity index (χ3v) is 10.1. The van der Waals surface area contributed by atoms with Gasteiger partial charge in [-0.15, -0.1) is 23.2 Å². The Morgan fingerprint density at radius 2 is 1.14 bits per heavy atom. The van der Waals surface area contributed by atoms with Crippen molar-refractivity contribution in [2.24, 2.45) is 11.8 Å². The van der Waals surface area contributed by atoms with Crippen molar-refractivity contribution in [3.8, 4) is 11.5 Å². The molecule has 8 rings (SSSR count). The Bertz CT molecular complexity index is 1650. The largest absolute Gasteiger partial charge is 0.457 e. The van der Waals surface area contributed by atoms with E-state index >= 15 is 0 Å². The average molecular weight is 618 g/mol. The first kappa shape index (κ1) is 27.0. The zero-order valence-electron chi connectivity index (χ0n) is 22.2. The summed E-state index contributed by atoms with van der Waals surface area (Å²) in [5.74, 6) is -2.29. The third kappa shape index (κ3) is 3.68. The number of amides is 3. The number of hydrogen-bond acceptors (Lipinski definition) is 4. The molecule has 0 unspecified atom stereocenters. The molecular weight excluding hydrogens is 595 g/mol. The van der Waals surface area contributed by atoms with Gasteiger partial charge >= 0.3 is 0 Å². The Morgan fingerprint density at radius 3 is 1.57 bits per heavy atom. The van der Waals surface area contributed by atoms with Crippen molar-refractivity contribution in [1.29, 1.82) is 0 Å². The van der Waals surface area contributed by atoms with E-state index in [2.05, 4.69) is 5.32 Å². The molecule has 1 N–H and O–H groups in total.